The first-order valence-corrected chi connectivity index (χ1v) is 5.62. The minimum absolute atomic E-state index is 0.129. The fourth-order valence-electron chi connectivity index (χ4n) is 1.26. The van der Waals surface area contributed by atoms with Crippen LogP contribution >= 0.6 is 0 Å². The number of phenols is 1. The number of hydrogen-bond donors (Lipinski definition) is 2. The number of amides is 1. The van der Waals surface area contributed by atoms with Gasteiger partial charge in [0.05, 0.1) is 0 Å². The Labute approximate surface area is 96.5 Å². The molecule has 0 saturated heterocycles. The van der Waals surface area contributed by atoms with Gasteiger partial charge >= 0.3 is 0 Å². The number of aromatic hydroxyl groups is 1. The molecule has 0 bridgehead atoms. The molecule has 3 heteroatoms. The van der Waals surface area contributed by atoms with Crippen molar-refractivity contribution < 1.29 is 9.90 Å². The lowest BCUT2D eigenvalue weighted by Gasteiger charge is -2.10. The standard InChI is InChI=1S/C13H19NO2/c1-4-9(2)8-14-13(16)11-6-5-10(3)12(15)7-11/h5-7,9,15H,4,8H2,1-3H3,(H,14,16). The van der Waals surface area contributed by atoms with E-state index in [2.05, 4.69) is 19.2 Å². The molecule has 1 rings (SSSR count). The molecule has 88 valence electrons. The van der Waals surface area contributed by atoms with E-state index < -0.39 is 0 Å². The first kappa shape index (κ1) is 12.6. The van der Waals surface area contributed by atoms with Gasteiger partial charge in [0.1, 0.15) is 5.75 Å². The molecule has 0 heterocycles. The van der Waals surface area contributed by atoms with Gasteiger partial charge in [0.2, 0.25) is 0 Å². The summed E-state index contributed by atoms with van der Waals surface area (Å²) in [5.74, 6) is 0.509. The first-order valence-electron chi connectivity index (χ1n) is 5.62. The van der Waals surface area contributed by atoms with Gasteiger partial charge in [0.25, 0.3) is 5.91 Å². The van der Waals surface area contributed by atoms with Gasteiger partial charge in [-0.15, -0.1) is 0 Å². The molecule has 0 aliphatic heterocycles. The quantitative estimate of drug-likeness (QED) is 0.820. The summed E-state index contributed by atoms with van der Waals surface area (Å²) in [5.41, 5.74) is 1.28. The van der Waals surface area contributed by atoms with Crippen LogP contribution in [0.2, 0.25) is 0 Å². The maximum atomic E-state index is 11.7. The van der Waals surface area contributed by atoms with Crippen molar-refractivity contribution in [2.45, 2.75) is 27.2 Å². The third kappa shape index (κ3) is 3.26. The van der Waals surface area contributed by atoms with E-state index in [-0.39, 0.29) is 11.7 Å². The van der Waals surface area contributed by atoms with E-state index in [1.54, 1.807) is 19.1 Å². The number of aryl methyl sites for hydroxylation is 1. The highest BCUT2D eigenvalue weighted by Gasteiger charge is 2.08. The van der Waals surface area contributed by atoms with Crippen LogP contribution in [-0.2, 0) is 0 Å². The molecule has 0 aliphatic carbocycles. The molecular formula is C13H19NO2. The van der Waals surface area contributed by atoms with Crippen LogP contribution in [0.25, 0.3) is 0 Å². The van der Waals surface area contributed by atoms with E-state index in [9.17, 15) is 9.90 Å². The molecule has 2 N–H and O–H groups in total. The molecule has 0 radical (unpaired) electrons. The zero-order chi connectivity index (χ0) is 12.1. The monoisotopic (exact) mass is 221 g/mol. The zero-order valence-electron chi connectivity index (χ0n) is 10.1. The maximum absolute atomic E-state index is 11.7. The lowest BCUT2D eigenvalue weighted by Crippen LogP contribution is -2.27. The van der Waals surface area contributed by atoms with Gasteiger partial charge in [-0.05, 0) is 30.5 Å². The average Bonchev–Trinajstić information content (AvgIpc) is 2.29. The Kier molecular flexibility index (Phi) is 4.35. The van der Waals surface area contributed by atoms with E-state index >= 15 is 0 Å². The summed E-state index contributed by atoms with van der Waals surface area (Å²) in [6.07, 6.45) is 1.04. The van der Waals surface area contributed by atoms with Gasteiger partial charge < -0.3 is 10.4 Å². The van der Waals surface area contributed by atoms with Gasteiger partial charge in [-0.2, -0.15) is 0 Å². The summed E-state index contributed by atoms with van der Waals surface area (Å²) in [7, 11) is 0. The van der Waals surface area contributed by atoms with Crippen LogP contribution in [-0.4, -0.2) is 17.6 Å². The molecular weight excluding hydrogens is 202 g/mol. The van der Waals surface area contributed by atoms with Crippen molar-refractivity contribution in [3.63, 3.8) is 0 Å². The second-order valence-electron chi connectivity index (χ2n) is 4.22. The molecule has 1 aromatic rings. The Bertz CT molecular complexity index is 374. The number of benzene rings is 1. The second kappa shape index (κ2) is 5.54. The van der Waals surface area contributed by atoms with Crippen molar-refractivity contribution in [2.24, 2.45) is 5.92 Å². The fraction of sp³-hybridized carbons (Fsp3) is 0.462. The number of phenolic OH excluding ortho intramolecular Hbond substituents is 1. The van der Waals surface area contributed by atoms with Crippen molar-refractivity contribution in [2.75, 3.05) is 6.54 Å². The van der Waals surface area contributed by atoms with Gasteiger partial charge in [-0.25, -0.2) is 0 Å². The van der Waals surface area contributed by atoms with E-state index in [1.165, 1.54) is 6.07 Å². The van der Waals surface area contributed by atoms with Gasteiger partial charge in [0.15, 0.2) is 0 Å². The lowest BCUT2D eigenvalue weighted by molar-refractivity contribution is 0.0947. The highest BCUT2D eigenvalue weighted by atomic mass is 16.3. The van der Waals surface area contributed by atoms with Crippen LogP contribution in [0.3, 0.4) is 0 Å². The van der Waals surface area contributed by atoms with Gasteiger partial charge in [0, 0.05) is 12.1 Å². The average molecular weight is 221 g/mol. The molecule has 1 unspecified atom stereocenters. The number of carbonyl (C=O) groups is 1. The predicted octanol–water partition coefficient (Wildman–Crippen LogP) is 2.48. The number of rotatable bonds is 4. The predicted molar refractivity (Wildman–Crippen MR) is 64.6 cm³/mol. The summed E-state index contributed by atoms with van der Waals surface area (Å²) >= 11 is 0. The zero-order valence-corrected chi connectivity index (χ0v) is 10.1. The van der Waals surface area contributed by atoms with E-state index in [4.69, 9.17) is 0 Å². The lowest BCUT2D eigenvalue weighted by atomic mass is 10.1. The minimum atomic E-state index is -0.129. The molecule has 0 aromatic heterocycles. The molecule has 1 amide bonds. The summed E-state index contributed by atoms with van der Waals surface area (Å²) in [6.45, 7) is 6.65. The molecule has 3 nitrogen and oxygen atoms in total. The van der Waals surface area contributed by atoms with Crippen molar-refractivity contribution in [1.82, 2.24) is 5.32 Å². The molecule has 1 aromatic carbocycles. The highest BCUT2D eigenvalue weighted by Crippen LogP contribution is 2.17. The molecule has 0 spiro atoms. The Balaban J connectivity index is 2.63. The smallest absolute Gasteiger partial charge is 0.251 e. The van der Waals surface area contributed by atoms with Crippen LogP contribution in [0.1, 0.15) is 36.2 Å². The van der Waals surface area contributed by atoms with Crippen LogP contribution < -0.4 is 5.32 Å². The molecule has 16 heavy (non-hydrogen) atoms. The summed E-state index contributed by atoms with van der Waals surface area (Å²) in [6, 6.07) is 4.97. The largest absolute Gasteiger partial charge is 0.508 e. The Morgan fingerprint density at radius 2 is 2.19 bits per heavy atom. The first-order chi connectivity index (χ1) is 7.54. The Morgan fingerprint density at radius 3 is 2.75 bits per heavy atom. The Morgan fingerprint density at radius 1 is 1.50 bits per heavy atom. The van der Waals surface area contributed by atoms with Crippen molar-refractivity contribution >= 4 is 5.91 Å². The van der Waals surface area contributed by atoms with E-state index in [0.717, 1.165) is 12.0 Å². The molecule has 0 fully saturated rings. The topological polar surface area (TPSA) is 49.3 Å². The molecule has 0 saturated carbocycles. The van der Waals surface area contributed by atoms with E-state index in [0.29, 0.717) is 18.0 Å². The van der Waals surface area contributed by atoms with Gasteiger partial charge in [-0.1, -0.05) is 26.3 Å². The third-order valence-corrected chi connectivity index (χ3v) is 2.78. The number of hydrogen-bond acceptors (Lipinski definition) is 2. The summed E-state index contributed by atoms with van der Waals surface area (Å²) in [4.78, 5) is 11.7. The Hall–Kier alpha value is -1.51. The van der Waals surface area contributed by atoms with Crippen molar-refractivity contribution in [3.05, 3.63) is 29.3 Å². The highest BCUT2D eigenvalue weighted by molar-refractivity contribution is 5.94. The fourth-order valence-corrected chi connectivity index (χ4v) is 1.26. The van der Waals surface area contributed by atoms with Crippen molar-refractivity contribution in [3.8, 4) is 5.75 Å². The summed E-state index contributed by atoms with van der Waals surface area (Å²) in [5, 5.41) is 12.3. The van der Waals surface area contributed by atoms with Crippen LogP contribution in [0.15, 0.2) is 18.2 Å². The SMILES string of the molecule is CCC(C)CNC(=O)c1ccc(C)c(O)c1. The second-order valence-corrected chi connectivity index (χ2v) is 4.22. The normalized spacial score (nSPS) is 12.2. The van der Waals surface area contributed by atoms with E-state index in [1.807, 2.05) is 0 Å². The third-order valence-electron chi connectivity index (χ3n) is 2.78. The molecule has 0 aliphatic rings. The minimum Gasteiger partial charge on any atom is -0.508 e. The van der Waals surface area contributed by atoms with Crippen molar-refractivity contribution in [1.29, 1.82) is 0 Å². The number of nitrogens with one attached hydrogen (secondary N) is 1. The van der Waals surface area contributed by atoms with Crippen LogP contribution in [0, 0.1) is 12.8 Å². The van der Waals surface area contributed by atoms with Crippen LogP contribution in [0.4, 0.5) is 0 Å². The molecule has 1 atom stereocenters. The maximum Gasteiger partial charge on any atom is 0.251 e. The van der Waals surface area contributed by atoms with Gasteiger partial charge in [-0.3, -0.25) is 4.79 Å². The number of carbonyl (C=O) groups excluding carboxylic acids is 1. The van der Waals surface area contributed by atoms with Crippen LogP contribution in [0.5, 0.6) is 5.75 Å². The summed E-state index contributed by atoms with van der Waals surface area (Å²) < 4.78 is 0.